The molecule has 0 aliphatic carbocycles. The monoisotopic (exact) mass is 329 g/mol. The van der Waals surface area contributed by atoms with Crippen molar-refractivity contribution in [2.45, 2.75) is 20.8 Å². The predicted molar refractivity (Wildman–Crippen MR) is 86.5 cm³/mol. The van der Waals surface area contributed by atoms with E-state index in [1.165, 1.54) is 18.3 Å². The third kappa shape index (κ3) is 2.44. The van der Waals surface area contributed by atoms with Crippen LogP contribution in [-0.4, -0.2) is 26.3 Å². The van der Waals surface area contributed by atoms with E-state index < -0.39 is 11.6 Å². The van der Waals surface area contributed by atoms with Gasteiger partial charge in [0.2, 0.25) is 0 Å². The fourth-order valence-electron chi connectivity index (χ4n) is 2.78. The maximum atomic E-state index is 13.8. The number of phenols is 1. The van der Waals surface area contributed by atoms with Crippen LogP contribution >= 0.6 is 0 Å². The molecule has 7 heteroatoms. The van der Waals surface area contributed by atoms with Crippen LogP contribution in [0.25, 0.3) is 16.9 Å². The van der Waals surface area contributed by atoms with E-state index in [4.69, 9.17) is 9.73 Å². The molecule has 6 nitrogen and oxygen atoms in total. The number of halogens is 1. The highest BCUT2D eigenvalue weighted by Gasteiger charge is 2.21. The fraction of sp³-hybridized carbons (Fsp3) is 0.176. The number of aromatic hydroxyl groups is 1. The van der Waals surface area contributed by atoms with E-state index in [-0.39, 0.29) is 0 Å². The summed E-state index contributed by atoms with van der Waals surface area (Å²) < 4.78 is 20.8. The molecule has 2 aromatic heterocycles. The molecule has 3 rings (SSSR count). The lowest BCUT2D eigenvalue weighted by Crippen LogP contribution is -2.05. The minimum atomic E-state index is -0.714. The first-order chi connectivity index (χ1) is 11.4. The lowest BCUT2D eigenvalue weighted by molar-refractivity contribution is 0.321. The SMILES string of the molecule is Cc1cc(-c2ccc(O)c(F)c2)n(-c2c(C)noc2C)c1/C=N/O. The number of nitrogens with zero attached hydrogens (tertiary/aromatic N) is 3. The molecule has 0 saturated carbocycles. The van der Waals surface area contributed by atoms with Gasteiger partial charge in [-0.15, -0.1) is 0 Å². The number of aromatic nitrogens is 2. The van der Waals surface area contributed by atoms with E-state index in [1.54, 1.807) is 24.5 Å². The summed E-state index contributed by atoms with van der Waals surface area (Å²) in [5.41, 5.74) is 4.02. The second-order valence-corrected chi connectivity index (χ2v) is 5.52. The summed E-state index contributed by atoms with van der Waals surface area (Å²) in [6.07, 6.45) is 1.31. The van der Waals surface area contributed by atoms with Crippen LogP contribution in [0.15, 0.2) is 33.9 Å². The summed E-state index contributed by atoms with van der Waals surface area (Å²) in [5, 5.41) is 25.5. The summed E-state index contributed by atoms with van der Waals surface area (Å²) in [6.45, 7) is 5.42. The molecule has 0 bridgehead atoms. The highest BCUT2D eigenvalue weighted by Crippen LogP contribution is 2.33. The summed E-state index contributed by atoms with van der Waals surface area (Å²) in [7, 11) is 0. The predicted octanol–water partition coefficient (Wildman–Crippen LogP) is 3.71. The average Bonchev–Trinajstić information content (AvgIpc) is 3.03. The molecule has 0 radical (unpaired) electrons. The van der Waals surface area contributed by atoms with Crippen LogP contribution in [0.2, 0.25) is 0 Å². The largest absolute Gasteiger partial charge is 0.505 e. The van der Waals surface area contributed by atoms with E-state index >= 15 is 0 Å². The minimum Gasteiger partial charge on any atom is -0.505 e. The second-order valence-electron chi connectivity index (χ2n) is 5.52. The molecule has 0 atom stereocenters. The first-order valence-corrected chi connectivity index (χ1v) is 7.26. The molecule has 2 heterocycles. The quantitative estimate of drug-likeness (QED) is 0.436. The Labute approximate surface area is 137 Å². The van der Waals surface area contributed by atoms with Crippen LogP contribution in [0.4, 0.5) is 4.39 Å². The van der Waals surface area contributed by atoms with Gasteiger partial charge < -0.3 is 19.4 Å². The summed E-state index contributed by atoms with van der Waals surface area (Å²) in [5.74, 6) is -0.548. The number of aryl methyl sites for hydroxylation is 3. The van der Waals surface area contributed by atoms with Gasteiger partial charge in [-0.3, -0.25) is 0 Å². The van der Waals surface area contributed by atoms with Crippen LogP contribution in [0.1, 0.15) is 22.7 Å². The number of hydrogen-bond donors (Lipinski definition) is 2. The molecule has 0 fully saturated rings. The van der Waals surface area contributed by atoms with E-state index in [0.717, 1.165) is 5.56 Å². The van der Waals surface area contributed by atoms with Crippen LogP contribution < -0.4 is 0 Å². The Balaban J connectivity index is 2.35. The van der Waals surface area contributed by atoms with Crippen molar-refractivity contribution in [2.75, 3.05) is 0 Å². The highest BCUT2D eigenvalue weighted by atomic mass is 19.1. The lowest BCUT2D eigenvalue weighted by Gasteiger charge is -2.12. The minimum absolute atomic E-state index is 0.414. The van der Waals surface area contributed by atoms with Crippen molar-refractivity contribution < 1.29 is 19.2 Å². The first kappa shape index (κ1) is 15.8. The molecule has 0 aliphatic heterocycles. The smallest absolute Gasteiger partial charge is 0.165 e. The molecule has 0 spiro atoms. The van der Waals surface area contributed by atoms with Gasteiger partial charge in [0.15, 0.2) is 17.3 Å². The second kappa shape index (κ2) is 5.84. The Morgan fingerprint density at radius 3 is 2.58 bits per heavy atom. The zero-order valence-electron chi connectivity index (χ0n) is 13.4. The molecule has 0 aliphatic rings. The lowest BCUT2D eigenvalue weighted by atomic mass is 10.1. The fourth-order valence-corrected chi connectivity index (χ4v) is 2.78. The van der Waals surface area contributed by atoms with Gasteiger partial charge in [0.05, 0.1) is 17.6 Å². The molecule has 24 heavy (non-hydrogen) atoms. The van der Waals surface area contributed by atoms with E-state index in [0.29, 0.717) is 34.1 Å². The number of rotatable bonds is 3. The van der Waals surface area contributed by atoms with Gasteiger partial charge in [0.25, 0.3) is 0 Å². The van der Waals surface area contributed by atoms with Crippen molar-refractivity contribution in [1.29, 1.82) is 0 Å². The Hall–Kier alpha value is -3.09. The van der Waals surface area contributed by atoms with Crippen molar-refractivity contribution in [1.82, 2.24) is 9.72 Å². The maximum Gasteiger partial charge on any atom is 0.165 e. The zero-order chi connectivity index (χ0) is 17.4. The molecule has 0 saturated heterocycles. The van der Waals surface area contributed by atoms with Crippen molar-refractivity contribution in [2.24, 2.45) is 5.16 Å². The number of phenolic OH excluding ortho intramolecular Hbond substituents is 1. The molecule has 124 valence electrons. The Bertz CT molecular complexity index is 921. The zero-order valence-corrected chi connectivity index (χ0v) is 13.4. The van der Waals surface area contributed by atoms with E-state index in [2.05, 4.69) is 10.3 Å². The van der Waals surface area contributed by atoms with Gasteiger partial charge >= 0.3 is 0 Å². The van der Waals surface area contributed by atoms with E-state index in [9.17, 15) is 9.50 Å². The van der Waals surface area contributed by atoms with Gasteiger partial charge in [-0.05, 0) is 50.6 Å². The average molecular weight is 329 g/mol. The summed E-state index contributed by atoms with van der Waals surface area (Å²) in [6, 6.07) is 6.00. The number of hydrogen-bond acceptors (Lipinski definition) is 5. The van der Waals surface area contributed by atoms with Crippen molar-refractivity contribution in [3.05, 3.63) is 52.8 Å². The van der Waals surface area contributed by atoms with Crippen molar-refractivity contribution >= 4 is 6.21 Å². The maximum absolute atomic E-state index is 13.8. The van der Waals surface area contributed by atoms with Crippen molar-refractivity contribution in [3.63, 3.8) is 0 Å². The molecule has 0 unspecified atom stereocenters. The topological polar surface area (TPSA) is 83.8 Å². The van der Waals surface area contributed by atoms with Crippen LogP contribution in [0, 0.1) is 26.6 Å². The molecular formula is C17H16FN3O3. The van der Waals surface area contributed by atoms with Gasteiger partial charge in [0, 0.05) is 5.56 Å². The molecule has 3 aromatic rings. The van der Waals surface area contributed by atoms with Gasteiger partial charge in [0.1, 0.15) is 11.4 Å². The number of benzene rings is 1. The van der Waals surface area contributed by atoms with Gasteiger partial charge in [-0.25, -0.2) is 4.39 Å². The van der Waals surface area contributed by atoms with Crippen LogP contribution in [0.3, 0.4) is 0 Å². The first-order valence-electron chi connectivity index (χ1n) is 7.26. The van der Waals surface area contributed by atoms with E-state index in [1.807, 2.05) is 13.0 Å². The standard InChI is InChI=1S/C17H16FN3O3/c1-9-6-14(12-4-5-16(22)13(18)7-12)21(15(9)8-19-23)17-10(2)20-24-11(17)3/h4-8,22-23H,1-3H3/b19-8+. The molecule has 1 aromatic carbocycles. The Morgan fingerprint density at radius 2 is 2.00 bits per heavy atom. The molecule has 2 N–H and O–H groups in total. The third-order valence-corrected chi connectivity index (χ3v) is 3.88. The van der Waals surface area contributed by atoms with Gasteiger partial charge in [-0.1, -0.05) is 10.3 Å². The number of oxime groups is 1. The highest BCUT2D eigenvalue weighted by molar-refractivity contribution is 5.84. The third-order valence-electron chi connectivity index (χ3n) is 3.88. The normalized spacial score (nSPS) is 11.5. The Kier molecular flexibility index (Phi) is 3.84. The van der Waals surface area contributed by atoms with Crippen molar-refractivity contribution in [3.8, 4) is 22.7 Å². The molecular weight excluding hydrogens is 313 g/mol. The summed E-state index contributed by atoms with van der Waals surface area (Å²) >= 11 is 0. The summed E-state index contributed by atoms with van der Waals surface area (Å²) in [4.78, 5) is 0. The van der Waals surface area contributed by atoms with Crippen LogP contribution in [0.5, 0.6) is 5.75 Å². The Morgan fingerprint density at radius 1 is 1.25 bits per heavy atom. The van der Waals surface area contributed by atoms with Crippen LogP contribution in [-0.2, 0) is 0 Å². The molecule has 0 amide bonds. The van der Waals surface area contributed by atoms with Gasteiger partial charge in [-0.2, -0.15) is 0 Å².